The molecule has 0 aliphatic rings. The minimum Gasteiger partial charge on any atom is -0.465 e. The van der Waals surface area contributed by atoms with E-state index in [1.54, 1.807) is 24.3 Å². The van der Waals surface area contributed by atoms with Crippen LogP contribution in [0.25, 0.3) is 0 Å². The van der Waals surface area contributed by atoms with Gasteiger partial charge in [0.1, 0.15) is 0 Å². The lowest BCUT2D eigenvalue weighted by molar-refractivity contribution is 0.0600. The number of aryl methyl sites for hydroxylation is 2. The lowest BCUT2D eigenvalue weighted by atomic mass is 10.1. The number of benzene rings is 1. The van der Waals surface area contributed by atoms with Gasteiger partial charge in [0.15, 0.2) is 0 Å². The van der Waals surface area contributed by atoms with Gasteiger partial charge in [0, 0.05) is 16.3 Å². The first kappa shape index (κ1) is 15.1. The van der Waals surface area contributed by atoms with E-state index < -0.39 is 5.97 Å². The summed E-state index contributed by atoms with van der Waals surface area (Å²) in [5, 5.41) is 2.82. The molecule has 2 rings (SSSR count). The smallest absolute Gasteiger partial charge is 0.337 e. The van der Waals surface area contributed by atoms with Crippen LogP contribution in [0.3, 0.4) is 0 Å². The van der Waals surface area contributed by atoms with Crippen molar-refractivity contribution in [2.75, 3.05) is 18.2 Å². The summed E-state index contributed by atoms with van der Waals surface area (Å²) >= 11 is 1.35. The monoisotopic (exact) mass is 304 g/mol. The molecular weight excluding hydrogens is 288 g/mol. The number of nitrogens with two attached hydrogens (primary N) is 1. The van der Waals surface area contributed by atoms with Crippen molar-refractivity contribution in [3.8, 4) is 0 Å². The highest BCUT2D eigenvalue weighted by Crippen LogP contribution is 2.25. The zero-order chi connectivity index (χ0) is 15.6. The first-order chi connectivity index (χ1) is 9.92. The van der Waals surface area contributed by atoms with Crippen LogP contribution in [0.5, 0.6) is 0 Å². The maximum absolute atomic E-state index is 12.2. The van der Waals surface area contributed by atoms with E-state index in [-0.39, 0.29) is 5.91 Å². The standard InChI is InChI=1S/C15H16N2O3S/c1-8-6-10(15(19)20-3)4-5-12(8)17-14(18)13-7-11(16)9(2)21-13/h4-7H,16H2,1-3H3,(H,17,18). The fourth-order valence-corrected chi connectivity index (χ4v) is 2.68. The van der Waals surface area contributed by atoms with Crippen LogP contribution in [0.2, 0.25) is 0 Å². The van der Waals surface area contributed by atoms with Gasteiger partial charge >= 0.3 is 5.97 Å². The summed E-state index contributed by atoms with van der Waals surface area (Å²) in [4.78, 5) is 25.1. The van der Waals surface area contributed by atoms with Crippen molar-refractivity contribution < 1.29 is 14.3 Å². The van der Waals surface area contributed by atoms with E-state index in [0.29, 0.717) is 21.8 Å². The fourth-order valence-electron chi connectivity index (χ4n) is 1.84. The highest BCUT2D eigenvalue weighted by atomic mass is 32.1. The SMILES string of the molecule is COC(=O)c1ccc(NC(=O)c2cc(N)c(C)s2)c(C)c1. The third kappa shape index (κ3) is 3.22. The highest BCUT2D eigenvalue weighted by molar-refractivity contribution is 7.14. The van der Waals surface area contributed by atoms with Crippen LogP contribution in [0.1, 0.15) is 30.5 Å². The molecule has 1 heterocycles. The molecule has 6 heteroatoms. The van der Waals surface area contributed by atoms with Gasteiger partial charge in [0.25, 0.3) is 5.91 Å². The molecule has 0 aliphatic carbocycles. The predicted octanol–water partition coefficient (Wildman–Crippen LogP) is 2.99. The van der Waals surface area contributed by atoms with Gasteiger partial charge in [-0.2, -0.15) is 0 Å². The lowest BCUT2D eigenvalue weighted by Crippen LogP contribution is -2.12. The molecule has 21 heavy (non-hydrogen) atoms. The van der Waals surface area contributed by atoms with Gasteiger partial charge < -0.3 is 15.8 Å². The van der Waals surface area contributed by atoms with Gasteiger partial charge in [-0.3, -0.25) is 4.79 Å². The molecule has 0 saturated carbocycles. The molecule has 0 atom stereocenters. The molecular formula is C15H16N2O3S. The Morgan fingerprint density at radius 3 is 2.48 bits per heavy atom. The number of esters is 1. The Morgan fingerprint density at radius 2 is 1.95 bits per heavy atom. The molecule has 0 bridgehead atoms. The van der Waals surface area contributed by atoms with Crippen LogP contribution in [0.4, 0.5) is 11.4 Å². The Bertz CT molecular complexity index is 687. The van der Waals surface area contributed by atoms with Crippen molar-refractivity contribution in [2.24, 2.45) is 0 Å². The summed E-state index contributed by atoms with van der Waals surface area (Å²) in [6.07, 6.45) is 0. The largest absolute Gasteiger partial charge is 0.465 e. The molecule has 1 aromatic heterocycles. The van der Waals surface area contributed by atoms with E-state index in [0.717, 1.165) is 10.4 Å². The number of hydrogen-bond acceptors (Lipinski definition) is 5. The number of amides is 1. The van der Waals surface area contributed by atoms with Gasteiger partial charge in [-0.15, -0.1) is 11.3 Å². The second-order valence-electron chi connectivity index (χ2n) is 4.60. The van der Waals surface area contributed by atoms with Crippen molar-refractivity contribution in [3.05, 3.63) is 45.1 Å². The predicted molar refractivity (Wildman–Crippen MR) is 83.9 cm³/mol. The van der Waals surface area contributed by atoms with Crippen LogP contribution in [0.15, 0.2) is 24.3 Å². The molecule has 1 amide bonds. The fraction of sp³-hybridized carbons (Fsp3) is 0.200. The molecule has 2 aromatic rings. The van der Waals surface area contributed by atoms with Gasteiger partial charge in [0.05, 0.1) is 17.6 Å². The van der Waals surface area contributed by atoms with Gasteiger partial charge in [-0.05, 0) is 43.7 Å². The van der Waals surface area contributed by atoms with E-state index >= 15 is 0 Å². The van der Waals surface area contributed by atoms with Crippen molar-refractivity contribution in [1.82, 2.24) is 0 Å². The number of carbonyl (C=O) groups is 2. The Labute approximate surface area is 126 Å². The number of nitrogen functional groups attached to an aromatic ring is 1. The summed E-state index contributed by atoms with van der Waals surface area (Å²) in [7, 11) is 1.33. The number of ether oxygens (including phenoxy) is 1. The van der Waals surface area contributed by atoms with E-state index in [4.69, 9.17) is 5.73 Å². The number of methoxy groups -OCH3 is 1. The minimum absolute atomic E-state index is 0.214. The van der Waals surface area contributed by atoms with Crippen LogP contribution in [-0.2, 0) is 4.74 Å². The van der Waals surface area contributed by atoms with Crippen LogP contribution in [-0.4, -0.2) is 19.0 Å². The summed E-state index contributed by atoms with van der Waals surface area (Å²) in [5.74, 6) is -0.619. The number of thiophene rings is 1. The van der Waals surface area contributed by atoms with Crippen molar-refractivity contribution in [1.29, 1.82) is 0 Å². The van der Waals surface area contributed by atoms with E-state index in [1.165, 1.54) is 18.4 Å². The Balaban J connectivity index is 2.20. The molecule has 0 aliphatic heterocycles. The zero-order valence-corrected chi connectivity index (χ0v) is 12.8. The number of hydrogen-bond donors (Lipinski definition) is 2. The Morgan fingerprint density at radius 1 is 1.24 bits per heavy atom. The topological polar surface area (TPSA) is 81.4 Å². The molecule has 0 unspecified atom stereocenters. The third-order valence-corrected chi connectivity index (χ3v) is 4.14. The second-order valence-corrected chi connectivity index (χ2v) is 5.85. The second kappa shape index (κ2) is 5.97. The molecule has 3 N–H and O–H groups in total. The summed E-state index contributed by atoms with van der Waals surface area (Å²) in [6.45, 7) is 3.68. The van der Waals surface area contributed by atoms with Crippen LogP contribution < -0.4 is 11.1 Å². The lowest BCUT2D eigenvalue weighted by Gasteiger charge is -2.08. The number of rotatable bonds is 3. The zero-order valence-electron chi connectivity index (χ0n) is 12.0. The van der Waals surface area contributed by atoms with Crippen molar-refractivity contribution in [3.63, 3.8) is 0 Å². The molecule has 5 nitrogen and oxygen atoms in total. The minimum atomic E-state index is -0.405. The number of nitrogens with one attached hydrogen (secondary N) is 1. The van der Waals surface area contributed by atoms with Crippen molar-refractivity contribution >= 4 is 34.6 Å². The molecule has 0 fully saturated rings. The van der Waals surface area contributed by atoms with E-state index in [1.807, 2.05) is 13.8 Å². The number of anilines is 2. The molecule has 110 valence electrons. The summed E-state index contributed by atoms with van der Waals surface area (Å²) < 4.78 is 4.66. The quantitative estimate of drug-likeness (QED) is 0.854. The molecule has 0 saturated heterocycles. The first-order valence-corrected chi connectivity index (χ1v) is 7.10. The maximum atomic E-state index is 12.2. The van der Waals surface area contributed by atoms with E-state index in [9.17, 15) is 9.59 Å². The summed E-state index contributed by atoms with van der Waals surface area (Å²) in [5.41, 5.74) is 8.25. The van der Waals surface area contributed by atoms with Crippen molar-refractivity contribution in [2.45, 2.75) is 13.8 Å². The summed E-state index contributed by atoms with van der Waals surface area (Å²) in [6, 6.07) is 6.63. The average molecular weight is 304 g/mol. The van der Waals surface area contributed by atoms with Crippen LogP contribution >= 0.6 is 11.3 Å². The van der Waals surface area contributed by atoms with Crippen LogP contribution in [0, 0.1) is 13.8 Å². The Hall–Kier alpha value is -2.34. The molecule has 0 spiro atoms. The van der Waals surface area contributed by atoms with Gasteiger partial charge in [-0.25, -0.2) is 4.79 Å². The number of carbonyl (C=O) groups excluding carboxylic acids is 2. The maximum Gasteiger partial charge on any atom is 0.337 e. The van der Waals surface area contributed by atoms with Gasteiger partial charge in [-0.1, -0.05) is 0 Å². The average Bonchev–Trinajstić information content (AvgIpc) is 2.80. The normalized spacial score (nSPS) is 10.2. The Kier molecular flexibility index (Phi) is 4.28. The molecule has 1 aromatic carbocycles. The molecule has 0 radical (unpaired) electrons. The third-order valence-electron chi connectivity index (χ3n) is 3.08. The first-order valence-electron chi connectivity index (χ1n) is 6.28. The van der Waals surface area contributed by atoms with Gasteiger partial charge in [0.2, 0.25) is 0 Å². The highest BCUT2D eigenvalue weighted by Gasteiger charge is 2.13. The van der Waals surface area contributed by atoms with E-state index in [2.05, 4.69) is 10.1 Å².